The molecular weight excluding hydrogens is 208 g/mol. The molecule has 1 amide bonds. The van der Waals surface area contributed by atoms with Crippen molar-refractivity contribution in [2.75, 3.05) is 13.1 Å². The number of hydrogen-bond donors (Lipinski definition) is 3. The van der Waals surface area contributed by atoms with Crippen molar-refractivity contribution in [2.45, 2.75) is 39.5 Å². The van der Waals surface area contributed by atoms with Crippen molar-refractivity contribution >= 4 is 11.9 Å². The van der Waals surface area contributed by atoms with Crippen LogP contribution < -0.4 is 11.1 Å². The third-order valence-electron chi connectivity index (χ3n) is 2.54. The van der Waals surface area contributed by atoms with E-state index in [1.165, 1.54) is 0 Å². The number of aliphatic carboxylic acids is 1. The van der Waals surface area contributed by atoms with E-state index in [-0.39, 0.29) is 17.7 Å². The number of carbonyl (C=O) groups is 2. The number of carbonyl (C=O) groups excluding carboxylic acids is 1. The zero-order valence-electron chi connectivity index (χ0n) is 10.1. The highest BCUT2D eigenvalue weighted by Crippen LogP contribution is 2.25. The topological polar surface area (TPSA) is 92.4 Å². The van der Waals surface area contributed by atoms with Crippen molar-refractivity contribution in [3.63, 3.8) is 0 Å². The molecule has 5 nitrogen and oxygen atoms in total. The smallest absolute Gasteiger partial charge is 0.303 e. The minimum absolute atomic E-state index is 0.0120. The molecular formula is C11H22N2O3. The molecule has 4 N–H and O–H groups in total. The molecule has 16 heavy (non-hydrogen) atoms. The van der Waals surface area contributed by atoms with Crippen LogP contribution in [0.4, 0.5) is 0 Å². The zero-order chi connectivity index (χ0) is 12.6. The Morgan fingerprint density at radius 1 is 1.19 bits per heavy atom. The van der Waals surface area contributed by atoms with Gasteiger partial charge in [-0.05, 0) is 24.8 Å². The van der Waals surface area contributed by atoms with Gasteiger partial charge in [0.2, 0.25) is 5.91 Å². The fraction of sp³-hybridized carbons (Fsp3) is 0.818. The summed E-state index contributed by atoms with van der Waals surface area (Å²) in [5, 5.41) is 11.7. The van der Waals surface area contributed by atoms with E-state index in [2.05, 4.69) is 5.32 Å². The molecule has 0 bridgehead atoms. The number of hydrogen-bond acceptors (Lipinski definition) is 3. The van der Waals surface area contributed by atoms with Gasteiger partial charge in [-0.15, -0.1) is 0 Å². The largest absolute Gasteiger partial charge is 0.481 e. The normalized spacial score (nSPS) is 11.4. The lowest BCUT2D eigenvalue weighted by Crippen LogP contribution is -2.26. The van der Waals surface area contributed by atoms with Gasteiger partial charge in [-0.25, -0.2) is 0 Å². The maximum absolute atomic E-state index is 10.5. The van der Waals surface area contributed by atoms with Crippen LogP contribution in [-0.4, -0.2) is 30.1 Å². The van der Waals surface area contributed by atoms with E-state index >= 15 is 0 Å². The first-order valence-electron chi connectivity index (χ1n) is 5.54. The van der Waals surface area contributed by atoms with Gasteiger partial charge in [0.1, 0.15) is 0 Å². The predicted octanol–water partition coefficient (Wildman–Crippen LogP) is 0.733. The van der Waals surface area contributed by atoms with Crippen molar-refractivity contribution in [2.24, 2.45) is 11.1 Å². The maximum atomic E-state index is 10.5. The number of carboxylic acids is 1. The Morgan fingerprint density at radius 2 is 1.81 bits per heavy atom. The molecule has 5 heteroatoms. The van der Waals surface area contributed by atoms with E-state index in [9.17, 15) is 9.59 Å². The molecule has 0 aromatic carbocycles. The molecule has 0 radical (unpaired) electrons. The van der Waals surface area contributed by atoms with Crippen molar-refractivity contribution in [1.82, 2.24) is 5.32 Å². The highest BCUT2D eigenvalue weighted by molar-refractivity contribution is 5.73. The minimum Gasteiger partial charge on any atom is -0.481 e. The second-order valence-electron chi connectivity index (χ2n) is 4.77. The lowest BCUT2D eigenvalue weighted by atomic mass is 9.84. The predicted molar refractivity (Wildman–Crippen MR) is 61.9 cm³/mol. The van der Waals surface area contributed by atoms with Crippen LogP contribution in [0.25, 0.3) is 0 Å². The van der Waals surface area contributed by atoms with E-state index < -0.39 is 5.97 Å². The van der Waals surface area contributed by atoms with Crippen LogP contribution in [0.1, 0.15) is 39.5 Å². The minimum atomic E-state index is -0.755. The monoisotopic (exact) mass is 230 g/mol. The van der Waals surface area contributed by atoms with Crippen molar-refractivity contribution < 1.29 is 14.7 Å². The first kappa shape index (κ1) is 14.9. The Morgan fingerprint density at radius 3 is 2.31 bits per heavy atom. The lowest BCUT2D eigenvalue weighted by Gasteiger charge is -2.23. The zero-order valence-corrected chi connectivity index (χ0v) is 10.1. The molecule has 0 spiro atoms. The maximum Gasteiger partial charge on any atom is 0.303 e. The standard InChI is InChI=1S/C11H22N2O3/c1-11(2,5-3-10(15)16)6-8-13-7-4-9(12)14/h13H,3-8H2,1-2H3,(H2,12,14)(H,15,16). The Hall–Kier alpha value is -1.10. The lowest BCUT2D eigenvalue weighted by molar-refractivity contribution is -0.137. The molecule has 94 valence electrons. The molecule has 0 heterocycles. The number of rotatable bonds is 9. The fourth-order valence-electron chi connectivity index (χ4n) is 1.33. The molecule has 0 fully saturated rings. The van der Waals surface area contributed by atoms with Gasteiger partial charge in [-0.1, -0.05) is 13.8 Å². The molecule has 0 unspecified atom stereocenters. The van der Waals surface area contributed by atoms with Crippen LogP contribution in [0.2, 0.25) is 0 Å². The van der Waals surface area contributed by atoms with Gasteiger partial charge in [0.15, 0.2) is 0 Å². The summed E-state index contributed by atoms with van der Waals surface area (Å²) in [6.45, 7) is 5.46. The van der Waals surface area contributed by atoms with E-state index in [1.807, 2.05) is 13.8 Å². The van der Waals surface area contributed by atoms with Crippen LogP contribution in [-0.2, 0) is 9.59 Å². The summed E-state index contributed by atoms with van der Waals surface area (Å²) in [6.07, 6.45) is 2.10. The Bertz CT molecular complexity index is 239. The first-order valence-corrected chi connectivity index (χ1v) is 5.54. The quantitative estimate of drug-likeness (QED) is 0.509. The molecule has 0 atom stereocenters. The van der Waals surface area contributed by atoms with Crippen LogP contribution in [0.5, 0.6) is 0 Å². The summed E-state index contributed by atoms with van der Waals surface area (Å²) < 4.78 is 0. The highest BCUT2D eigenvalue weighted by Gasteiger charge is 2.18. The number of nitrogens with two attached hydrogens (primary N) is 1. The Labute approximate surface area is 96.4 Å². The van der Waals surface area contributed by atoms with E-state index in [0.29, 0.717) is 19.4 Å². The molecule has 0 saturated heterocycles. The van der Waals surface area contributed by atoms with E-state index in [0.717, 1.165) is 13.0 Å². The first-order chi connectivity index (χ1) is 7.33. The van der Waals surface area contributed by atoms with Crippen molar-refractivity contribution in [3.05, 3.63) is 0 Å². The van der Waals surface area contributed by atoms with Crippen LogP contribution in [0.3, 0.4) is 0 Å². The SMILES string of the molecule is CC(C)(CCNCCC(N)=O)CCC(=O)O. The van der Waals surface area contributed by atoms with Crippen molar-refractivity contribution in [3.8, 4) is 0 Å². The Kier molecular flexibility index (Phi) is 6.72. The van der Waals surface area contributed by atoms with Gasteiger partial charge in [0.05, 0.1) is 0 Å². The van der Waals surface area contributed by atoms with E-state index in [1.54, 1.807) is 0 Å². The second kappa shape index (κ2) is 7.22. The fourth-order valence-corrected chi connectivity index (χ4v) is 1.33. The molecule has 0 aliphatic rings. The average molecular weight is 230 g/mol. The van der Waals surface area contributed by atoms with Gasteiger partial charge in [-0.2, -0.15) is 0 Å². The molecule has 0 aromatic heterocycles. The third-order valence-corrected chi connectivity index (χ3v) is 2.54. The van der Waals surface area contributed by atoms with E-state index in [4.69, 9.17) is 10.8 Å². The van der Waals surface area contributed by atoms with Crippen molar-refractivity contribution in [1.29, 1.82) is 0 Å². The summed E-state index contributed by atoms with van der Waals surface area (Å²) in [5.41, 5.74) is 5.01. The highest BCUT2D eigenvalue weighted by atomic mass is 16.4. The van der Waals surface area contributed by atoms with Gasteiger partial charge in [0.25, 0.3) is 0 Å². The Balaban J connectivity index is 3.57. The van der Waals surface area contributed by atoms with Gasteiger partial charge < -0.3 is 16.2 Å². The molecule has 0 aliphatic carbocycles. The summed E-state index contributed by atoms with van der Waals surface area (Å²) in [7, 11) is 0. The number of amides is 1. The number of carboxylic acid groups (broad SMARTS) is 1. The number of primary amides is 1. The number of nitrogens with one attached hydrogen (secondary N) is 1. The van der Waals surface area contributed by atoms with Crippen LogP contribution in [0.15, 0.2) is 0 Å². The van der Waals surface area contributed by atoms with Crippen LogP contribution >= 0.6 is 0 Å². The summed E-state index contributed by atoms with van der Waals surface area (Å²) >= 11 is 0. The van der Waals surface area contributed by atoms with Crippen LogP contribution in [0, 0.1) is 5.41 Å². The summed E-state index contributed by atoms with van der Waals surface area (Å²) in [6, 6.07) is 0. The third kappa shape index (κ3) is 9.45. The van der Waals surface area contributed by atoms with Gasteiger partial charge in [0, 0.05) is 19.4 Å². The average Bonchev–Trinajstić information content (AvgIpc) is 2.14. The molecule has 0 aromatic rings. The van der Waals surface area contributed by atoms with Gasteiger partial charge in [-0.3, -0.25) is 9.59 Å². The van der Waals surface area contributed by atoms with Gasteiger partial charge >= 0.3 is 5.97 Å². The molecule has 0 rings (SSSR count). The molecule has 0 saturated carbocycles. The summed E-state index contributed by atoms with van der Waals surface area (Å²) in [4.78, 5) is 20.9. The summed E-state index contributed by atoms with van der Waals surface area (Å²) in [5.74, 6) is -1.06. The molecule has 0 aliphatic heterocycles. The second-order valence-corrected chi connectivity index (χ2v) is 4.77.